The maximum atomic E-state index is 2.38. The van der Waals surface area contributed by atoms with Crippen molar-refractivity contribution < 1.29 is 0 Å². The Kier molecular flexibility index (Phi) is 5.84. The van der Waals surface area contributed by atoms with Crippen LogP contribution in [0.1, 0.15) is 0 Å². The first-order chi connectivity index (χ1) is 23.7. The molecule has 12 rings (SSSR count). The molecule has 4 aromatic heterocycles. The highest BCUT2D eigenvalue weighted by atomic mass is 32.1. The van der Waals surface area contributed by atoms with E-state index in [0.717, 1.165) is 0 Å². The summed E-state index contributed by atoms with van der Waals surface area (Å²) in [6, 6.07) is 53.5. The predicted molar refractivity (Wildman–Crippen MR) is 219 cm³/mol. The third kappa shape index (κ3) is 4.11. The molecule has 0 unspecified atom stereocenters. The van der Waals surface area contributed by atoms with E-state index >= 15 is 0 Å². The second-order valence-corrected chi connectivity index (χ2v) is 16.7. The molecule has 0 aliphatic heterocycles. The average molecular weight is 681 g/mol. The molecule has 0 saturated heterocycles. The van der Waals surface area contributed by atoms with E-state index in [4.69, 9.17) is 0 Å². The molecule has 4 heterocycles. The number of hydrogen-bond donors (Lipinski definition) is 0. The third-order valence-corrected chi connectivity index (χ3v) is 14.7. The fraction of sp³-hybridized carbons (Fsp3) is 0. The molecule has 8 aromatic carbocycles. The summed E-state index contributed by atoms with van der Waals surface area (Å²) in [5, 5.41) is 16.2. The van der Waals surface area contributed by atoms with E-state index < -0.39 is 0 Å². The molecule has 224 valence electrons. The van der Waals surface area contributed by atoms with E-state index in [0.29, 0.717) is 0 Å². The molecule has 0 bridgehead atoms. The van der Waals surface area contributed by atoms with Gasteiger partial charge in [-0.05, 0) is 104 Å². The smallest absolute Gasteiger partial charge is 0.0542 e. The van der Waals surface area contributed by atoms with Crippen molar-refractivity contribution >= 4 is 148 Å². The molecule has 12 aromatic rings. The highest BCUT2D eigenvalue weighted by molar-refractivity contribution is 7.37. The van der Waals surface area contributed by atoms with Crippen molar-refractivity contribution in [3.05, 3.63) is 146 Å². The van der Waals surface area contributed by atoms with Crippen LogP contribution in [0.5, 0.6) is 0 Å². The van der Waals surface area contributed by atoms with Gasteiger partial charge in [-0.25, -0.2) is 0 Å². The Bertz CT molecular complexity index is 3000. The molecular formula is C44H24S4. The van der Waals surface area contributed by atoms with Crippen molar-refractivity contribution in [1.29, 1.82) is 0 Å². The maximum Gasteiger partial charge on any atom is 0.0542 e. The first kappa shape index (κ1) is 27.1. The summed E-state index contributed by atoms with van der Waals surface area (Å²) >= 11 is 7.70. The standard InChI is InChI=1S/2C22H12S2/c2*1-2-6-14-10-16-12-20-18(11-15(16)9-13(14)5-1)22-21(24-20)17-7-3-4-8-19(17)23-22/h2*1-12H. The predicted octanol–water partition coefficient (Wildman–Crippen LogP) is 15.2. The molecule has 0 aliphatic carbocycles. The average Bonchev–Trinajstić information content (AvgIpc) is 3.86. The first-order valence-corrected chi connectivity index (χ1v) is 19.3. The zero-order chi connectivity index (χ0) is 31.3. The summed E-state index contributed by atoms with van der Waals surface area (Å²) in [7, 11) is 0. The van der Waals surface area contributed by atoms with Crippen LogP contribution in [0.25, 0.3) is 102 Å². The number of hydrogen-bond acceptors (Lipinski definition) is 4. The van der Waals surface area contributed by atoms with Crippen LogP contribution in [0.3, 0.4) is 0 Å². The number of thiophene rings is 4. The van der Waals surface area contributed by atoms with Gasteiger partial charge in [-0.1, -0.05) is 84.9 Å². The van der Waals surface area contributed by atoms with Crippen molar-refractivity contribution in [2.45, 2.75) is 0 Å². The van der Waals surface area contributed by atoms with Gasteiger partial charge in [0, 0.05) is 40.3 Å². The van der Waals surface area contributed by atoms with Gasteiger partial charge < -0.3 is 0 Å². The Labute approximate surface area is 291 Å². The Morgan fingerprint density at radius 1 is 0.229 bits per heavy atom. The SMILES string of the molecule is c1ccc2cc3cc4c(cc3cc2c1)sc1c2ccccc2sc41.c1ccc2cc3cc4c(cc3cc2c1)sc1c2ccccc2sc41. The van der Waals surface area contributed by atoms with E-state index in [1.54, 1.807) is 0 Å². The van der Waals surface area contributed by atoms with E-state index in [1.807, 2.05) is 45.3 Å². The second-order valence-electron chi connectivity index (χ2n) is 12.5. The zero-order valence-electron chi connectivity index (χ0n) is 25.5. The van der Waals surface area contributed by atoms with Gasteiger partial charge >= 0.3 is 0 Å². The summed E-state index contributed by atoms with van der Waals surface area (Å²) in [6.45, 7) is 0. The van der Waals surface area contributed by atoms with Crippen molar-refractivity contribution in [1.82, 2.24) is 0 Å². The fourth-order valence-electron chi connectivity index (χ4n) is 7.29. The first-order valence-electron chi connectivity index (χ1n) is 16.1. The summed E-state index contributed by atoms with van der Waals surface area (Å²) < 4.78 is 11.3. The number of rotatable bonds is 0. The quantitative estimate of drug-likeness (QED) is 0.140. The van der Waals surface area contributed by atoms with Gasteiger partial charge in [0.1, 0.15) is 0 Å². The van der Waals surface area contributed by atoms with Gasteiger partial charge in [-0.2, -0.15) is 0 Å². The minimum atomic E-state index is 1.31. The van der Waals surface area contributed by atoms with Gasteiger partial charge in [-0.3, -0.25) is 0 Å². The topological polar surface area (TPSA) is 0 Å². The molecule has 0 aliphatic rings. The largest absolute Gasteiger partial charge is 0.134 e. The van der Waals surface area contributed by atoms with Crippen molar-refractivity contribution in [2.24, 2.45) is 0 Å². The van der Waals surface area contributed by atoms with Crippen LogP contribution < -0.4 is 0 Å². The van der Waals surface area contributed by atoms with Crippen molar-refractivity contribution in [2.75, 3.05) is 0 Å². The van der Waals surface area contributed by atoms with E-state index in [-0.39, 0.29) is 0 Å². The normalized spacial score (nSPS) is 12.2. The Morgan fingerprint density at radius 3 is 0.958 bits per heavy atom. The van der Waals surface area contributed by atoms with Crippen LogP contribution in [0, 0.1) is 0 Å². The molecule has 0 radical (unpaired) electrons. The van der Waals surface area contributed by atoms with Crippen LogP contribution >= 0.6 is 45.3 Å². The van der Waals surface area contributed by atoms with Crippen LogP contribution in [0.2, 0.25) is 0 Å². The minimum absolute atomic E-state index is 1.31. The lowest BCUT2D eigenvalue weighted by atomic mass is 10.0. The number of fused-ring (bicyclic) bond motifs is 14. The highest BCUT2D eigenvalue weighted by Gasteiger charge is 2.14. The van der Waals surface area contributed by atoms with Gasteiger partial charge in [0.15, 0.2) is 0 Å². The Morgan fingerprint density at radius 2 is 0.542 bits per heavy atom. The van der Waals surface area contributed by atoms with Crippen LogP contribution in [0.4, 0.5) is 0 Å². The Balaban J connectivity index is 0.000000117. The lowest BCUT2D eigenvalue weighted by Gasteiger charge is -2.03. The van der Waals surface area contributed by atoms with Crippen molar-refractivity contribution in [3.8, 4) is 0 Å². The summed E-state index contributed by atoms with van der Waals surface area (Å²) in [6.07, 6.45) is 0. The van der Waals surface area contributed by atoms with Crippen LogP contribution in [0.15, 0.2) is 146 Å². The van der Waals surface area contributed by atoms with Gasteiger partial charge in [0.25, 0.3) is 0 Å². The molecule has 0 N–H and O–H groups in total. The van der Waals surface area contributed by atoms with E-state index in [2.05, 4.69) is 146 Å². The van der Waals surface area contributed by atoms with Gasteiger partial charge in [0.05, 0.1) is 18.8 Å². The molecule has 0 spiro atoms. The minimum Gasteiger partial charge on any atom is -0.134 e. The molecule has 0 amide bonds. The molecule has 0 saturated carbocycles. The second kappa shape index (κ2) is 10.3. The summed E-state index contributed by atoms with van der Waals surface area (Å²) in [5.41, 5.74) is 0. The van der Waals surface area contributed by atoms with Gasteiger partial charge in [-0.15, -0.1) is 45.3 Å². The molecule has 0 atom stereocenters. The molecule has 0 nitrogen and oxygen atoms in total. The van der Waals surface area contributed by atoms with Crippen LogP contribution in [-0.2, 0) is 0 Å². The van der Waals surface area contributed by atoms with E-state index in [1.165, 1.54) is 102 Å². The summed E-state index contributed by atoms with van der Waals surface area (Å²) in [5.74, 6) is 0. The zero-order valence-corrected chi connectivity index (χ0v) is 28.8. The molecular weight excluding hydrogens is 657 g/mol. The number of benzene rings is 8. The molecule has 48 heavy (non-hydrogen) atoms. The summed E-state index contributed by atoms with van der Waals surface area (Å²) in [4.78, 5) is 0. The molecule has 0 fully saturated rings. The van der Waals surface area contributed by atoms with Crippen molar-refractivity contribution in [3.63, 3.8) is 0 Å². The third-order valence-electron chi connectivity index (χ3n) is 9.62. The van der Waals surface area contributed by atoms with E-state index in [9.17, 15) is 0 Å². The lowest BCUT2D eigenvalue weighted by Crippen LogP contribution is -1.76. The monoisotopic (exact) mass is 680 g/mol. The van der Waals surface area contributed by atoms with Crippen LogP contribution in [-0.4, -0.2) is 0 Å². The fourth-order valence-corrected chi connectivity index (χ4v) is 12.6. The van der Waals surface area contributed by atoms with Gasteiger partial charge in [0.2, 0.25) is 0 Å². The lowest BCUT2D eigenvalue weighted by molar-refractivity contribution is 1.80. The highest BCUT2D eigenvalue weighted by Crippen LogP contribution is 2.46. The Hall–Kier alpha value is -4.84. The maximum absolute atomic E-state index is 2.38. The molecule has 4 heteroatoms.